The van der Waals surface area contributed by atoms with Crippen LogP contribution in [-0.4, -0.2) is 36.1 Å². The van der Waals surface area contributed by atoms with Gasteiger partial charge in [-0.05, 0) is 12.1 Å². The minimum Gasteiger partial charge on any atom is -0.480 e. The van der Waals surface area contributed by atoms with Crippen molar-refractivity contribution in [2.24, 2.45) is 0 Å². The van der Waals surface area contributed by atoms with Crippen LogP contribution in [0.15, 0.2) is 18.2 Å². The monoisotopic (exact) mass is 319 g/mol. The Hall–Kier alpha value is -1.99. The third kappa shape index (κ3) is 5.33. The summed E-state index contributed by atoms with van der Waals surface area (Å²) < 4.78 is 0. The van der Waals surface area contributed by atoms with E-state index in [4.69, 9.17) is 28.3 Å². The van der Waals surface area contributed by atoms with Crippen LogP contribution in [0.5, 0.6) is 0 Å². The molecule has 0 unspecified atom stereocenters. The van der Waals surface area contributed by atoms with Gasteiger partial charge in [-0.2, -0.15) is 0 Å². The second-order valence-electron chi connectivity index (χ2n) is 3.57. The van der Waals surface area contributed by atoms with Crippen LogP contribution in [0, 0.1) is 0 Å². The molecule has 0 aliphatic carbocycles. The molecule has 0 radical (unpaired) electrons. The maximum absolute atomic E-state index is 11.5. The number of hydrogen-bond donors (Lipinski definition) is 4. The van der Waals surface area contributed by atoms with Crippen LogP contribution in [0.2, 0.25) is 10.0 Å². The number of amides is 3. The minimum atomic E-state index is -1.18. The summed E-state index contributed by atoms with van der Waals surface area (Å²) in [6.45, 7) is -0.889. The quantitative estimate of drug-likeness (QED) is 0.656. The summed E-state index contributed by atoms with van der Waals surface area (Å²) >= 11 is 11.7. The lowest BCUT2D eigenvalue weighted by Crippen LogP contribution is -2.40. The van der Waals surface area contributed by atoms with Crippen molar-refractivity contribution in [1.82, 2.24) is 10.6 Å². The average molecular weight is 320 g/mol. The van der Waals surface area contributed by atoms with Gasteiger partial charge in [-0.15, -0.1) is 0 Å². The number of aliphatic carboxylic acids is 1. The summed E-state index contributed by atoms with van der Waals surface area (Å²) in [4.78, 5) is 32.9. The number of anilines is 1. The average Bonchev–Trinajstić information content (AvgIpc) is 2.38. The van der Waals surface area contributed by atoms with Crippen LogP contribution in [0.1, 0.15) is 0 Å². The highest BCUT2D eigenvalue weighted by Gasteiger charge is 2.10. The van der Waals surface area contributed by atoms with Crippen molar-refractivity contribution in [3.63, 3.8) is 0 Å². The van der Waals surface area contributed by atoms with Gasteiger partial charge < -0.3 is 21.1 Å². The van der Waals surface area contributed by atoms with E-state index in [2.05, 4.69) is 16.0 Å². The second kappa shape index (κ2) is 7.56. The van der Waals surface area contributed by atoms with E-state index in [-0.39, 0.29) is 22.3 Å². The number of carbonyl (C=O) groups excluding carboxylic acids is 2. The fourth-order valence-corrected chi connectivity index (χ4v) is 1.66. The van der Waals surface area contributed by atoms with Crippen LogP contribution in [0.25, 0.3) is 0 Å². The molecule has 1 rings (SSSR count). The lowest BCUT2D eigenvalue weighted by Gasteiger charge is -2.10. The normalized spacial score (nSPS) is 9.70. The first-order valence-electron chi connectivity index (χ1n) is 5.37. The summed E-state index contributed by atoms with van der Waals surface area (Å²) in [7, 11) is 0. The molecule has 108 valence electrons. The predicted molar refractivity (Wildman–Crippen MR) is 74.1 cm³/mol. The fraction of sp³-hybridized carbons (Fsp3) is 0.182. The lowest BCUT2D eigenvalue weighted by atomic mass is 10.3. The van der Waals surface area contributed by atoms with Crippen molar-refractivity contribution in [2.75, 3.05) is 18.4 Å². The van der Waals surface area contributed by atoms with Crippen LogP contribution in [0.4, 0.5) is 10.5 Å². The summed E-state index contributed by atoms with van der Waals surface area (Å²) in [6, 6.07) is 4.02. The molecule has 0 heterocycles. The van der Waals surface area contributed by atoms with Crippen molar-refractivity contribution in [3.05, 3.63) is 28.2 Å². The molecule has 3 amide bonds. The van der Waals surface area contributed by atoms with Gasteiger partial charge in [0.05, 0.1) is 22.3 Å². The molecule has 0 saturated heterocycles. The molecular formula is C11H11Cl2N3O4. The molecule has 4 N–H and O–H groups in total. The number of benzene rings is 1. The molecular weight excluding hydrogens is 309 g/mol. The Morgan fingerprint density at radius 2 is 1.65 bits per heavy atom. The molecule has 1 aromatic rings. The van der Waals surface area contributed by atoms with Gasteiger partial charge >= 0.3 is 12.0 Å². The third-order valence-corrected chi connectivity index (χ3v) is 2.68. The SMILES string of the molecule is O=C(O)CNC(=O)CNC(=O)Nc1c(Cl)cccc1Cl. The Labute approximate surface area is 124 Å². The van der Waals surface area contributed by atoms with Crippen molar-refractivity contribution in [1.29, 1.82) is 0 Å². The minimum absolute atomic E-state index is 0.222. The number of halogens is 2. The van der Waals surface area contributed by atoms with Gasteiger partial charge in [0.1, 0.15) is 6.54 Å². The number of para-hydroxylation sites is 1. The van der Waals surface area contributed by atoms with Gasteiger partial charge in [-0.1, -0.05) is 29.3 Å². The number of carboxylic acids is 1. The number of carbonyl (C=O) groups is 3. The summed E-state index contributed by atoms with van der Waals surface area (Å²) in [6.07, 6.45) is 0. The van der Waals surface area contributed by atoms with E-state index in [1.54, 1.807) is 18.2 Å². The number of hydrogen-bond acceptors (Lipinski definition) is 3. The molecule has 0 aliphatic rings. The van der Waals surface area contributed by atoms with E-state index in [9.17, 15) is 14.4 Å². The first-order valence-corrected chi connectivity index (χ1v) is 6.13. The molecule has 0 saturated carbocycles. The van der Waals surface area contributed by atoms with Gasteiger partial charge in [0.2, 0.25) is 5.91 Å². The standard InChI is InChI=1S/C11H11Cl2N3O4/c12-6-2-1-3-7(13)10(6)16-11(20)15-4-8(17)14-5-9(18)19/h1-3H,4-5H2,(H,14,17)(H,18,19)(H2,15,16,20). The molecule has 1 aromatic carbocycles. The van der Waals surface area contributed by atoms with Crippen molar-refractivity contribution in [2.45, 2.75) is 0 Å². The van der Waals surface area contributed by atoms with E-state index < -0.39 is 24.5 Å². The molecule has 0 aromatic heterocycles. The number of nitrogens with one attached hydrogen (secondary N) is 3. The van der Waals surface area contributed by atoms with Crippen molar-refractivity contribution >= 4 is 46.8 Å². The Morgan fingerprint density at radius 1 is 1.05 bits per heavy atom. The number of urea groups is 1. The van der Waals surface area contributed by atoms with Crippen LogP contribution in [0.3, 0.4) is 0 Å². The van der Waals surface area contributed by atoms with E-state index in [1.807, 2.05) is 0 Å². The maximum atomic E-state index is 11.5. The molecule has 7 nitrogen and oxygen atoms in total. The molecule has 0 aliphatic heterocycles. The highest BCUT2D eigenvalue weighted by Crippen LogP contribution is 2.29. The fourth-order valence-electron chi connectivity index (χ4n) is 1.17. The van der Waals surface area contributed by atoms with Gasteiger partial charge in [0.15, 0.2) is 0 Å². The van der Waals surface area contributed by atoms with E-state index >= 15 is 0 Å². The maximum Gasteiger partial charge on any atom is 0.322 e. The zero-order valence-corrected chi connectivity index (χ0v) is 11.6. The van der Waals surface area contributed by atoms with E-state index in [0.29, 0.717) is 0 Å². The van der Waals surface area contributed by atoms with Gasteiger partial charge in [-0.3, -0.25) is 9.59 Å². The molecule has 0 spiro atoms. The molecule has 0 bridgehead atoms. The second-order valence-corrected chi connectivity index (χ2v) is 4.39. The third-order valence-electron chi connectivity index (χ3n) is 2.05. The smallest absolute Gasteiger partial charge is 0.322 e. The van der Waals surface area contributed by atoms with Crippen molar-refractivity contribution < 1.29 is 19.5 Å². The highest BCUT2D eigenvalue weighted by molar-refractivity contribution is 6.39. The summed E-state index contributed by atoms with van der Waals surface area (Å²) in [5.74, 6) is -1.81. The first-order chi connectivity index (χ1) is 9.40. The summed E-state index contributed by atoms with van der Waals surface area (Å²) in [5.41, 5.74) is 0.222. The molecule has 20 heavy (non-hydrogen) atoms. The zero-order chi connectivity index (χ0) is 15.1. The Morgan fingerprint density at radius 3 is 2.20 bits per heavy atom. The predicted octanol–water partition coefficient (Wildman–Crippen LogP) is 1.32. The highest BCUT2D eigenvalue weighted by atomic mass is 35.5. The van der Waals surface area contributed by atoms with Gasteiger partial charge in [0, 0.05) is 0 Å². The van der Waals surface area contributed by atoms with E-state index in [0.717, 1.165) is 0 Å². The van der Waals surface area contributed by atoms with Crippen LogP contribution in [-0.2, 0) is 9.59 Å². The topological polar surface area (TPSA) is 108 Å². The first kappa shape index (κ1) is 16.1. The number of rotatable bonds is 5. The largest absolute Gasteiger partial charge is 0.480 e. The Balaban J connectivity index is 2.44. The van der Waals surface area contributed by atoms with Crippen LogP contribution >= 0.6 is 23.2 Å². The van der Waals surface area contributed by atoms with Gasteiger partial charge in [-0.25, -0.2) is 4.79 Å². The number of carboxylic acid groups (broad SMARTS) is 1. The Kier molecular flexibility index (Phi) is 6.08. The summed E-state index contributed by atoms with van der Waals surface area (Å²) in [5, 5.41) is 15.6. The molecule has 0 atom stereocenters. The van der Waals surface area contributed by atoms with Crippen LogP contribution < -0.4 is 16.0 Å². The molecule has 0 fully saturated rings. The van der Waals surface area contributed by atoms with Crippen molar-refractivity contribution in [3.8, 4) is 0 Å². The Bertz CT molecular complexity index is 516. The van der Waals surface area contributed by atoms with E-state index in [1.165, 1.54) is 0 Å². The lowest BCUT2D eigenvalue weighted by molar-refractivity contribution is -0.137. The zero-order valence-electron chi connectivity index (χ0n) is 10.1. The van der Waals surface area contributed by atoms with Gasteiger partial charge in [0.25, 0.3) is 0 Å². The molecule has 9 heteroatoms.